The van der Waals surface area contributed by atoms with Crippen LogP contribution in [0, 0.1) is 11.3 Å². The Morgan fingerprint density at radius 3 is 2.29 bits per heavy atom. The van der Waals surface area contributed by atoms with Gasteiger partial charge in [0.2, 0.25) is 0 Å². The Labute approximate surface area is 169 Å². The minimum Gasteiger partial charge on any atom is -0.371 e. The average molecular weight is 412 g/mol. The molecule has 0 bridgehead atoms. The maximum absolute atomic E-state index is 12.9. The Hall–Kier alpha value is -1.63. The molecule has 0 radical (unpaired) electrons. The predicted octanol–water partition coefficient (Wildman–Crippen LogP) is -0.00282. The molecule has 0 aromatic heterocycles. The number of likely N-dealkylation sites (tertiary alicyclic amines) is 1. The summed E-state index contributed by atoms with van der Waals surface area (Å²) in [5.41, 5.74) is 0.0736. The third kappa shape index (κ3) is 6.19. The second kappa shape index (κ2) is 9.72. The Bertz CT molecular complexity index is 720. The molecule has 2 rings (SSSR count). The number of rotatable bonds is 7. The number of amides is 1. The quantitative estimate of drug-likeness (QED) is 0.430. The van der Waals surface area contributed by atoms with E-state index in [1.54, 1.807) is 18.1 Å². The van der Waals surface area contributed by atoms with E-state index in [-0.39, 0.29) is 35.1 Å². The zero-order valence-corrected chi connectivity index (χ0v) is 18.3. The molecule has 0 saturated carbocycles. The number of piperidine rings is 1. The summed E-state index contributed by atoms with van der Waals surface area (Å²) in [6.45, 7) is 3.15. The summed E-state index contributed by atoms with van der Waals surface area (Å²) in [7, 11) is 4.66. The standard InChI is InChI=1S/C19H33N5O3S/c1-21(2)10-11-24(18-7-12-28(26,27)15-18)14-16(13-20)19(25)23(4)17-5-8-22(3)9-6-17/h14,17-18H,5-12,15H2,1-4H3/b16-14-. The molecule has 0 aromatic carbocycles. The molecule has 2 saturated heterocycles. The lowest BCUT2D eigenvalue weighted by Crippen LogP contribution is -2.45. The molecule has 9 heteroatoms. The second-order valence-electron chi connectivity index (χ2n) is 8.20. The lowest BCUT2D eigenvalue weighted by atomic mass is 10.0. The first-order valence-electron chi connectivity index (χ1n) is 9.81. The lowest BCUT2D eigenvalue weighted by Gasteiger charge is -2.35. The highest BCUT2D eigenvalue weighted by atomic mass is 32.2. The van der Waals surface area contributed by atoms with E-state index in [1.807, 2.05) is 30.0 Å². The highest BCUT2D eigenvalue weighted by Crippen LogP contribution is 2.20. The van der Waals surface area contributed by atoms with Crippen molar-refractivity contribution in [3.05, 3.63) is 11.8 Å². The fourth-order valence-corrected chi connectivity index (χ4v) is 5.48. The summed E-state index contributed by atoms with van der Waals surface area (Å²) in [4.78, 5) is 20.7. The van der Waals surface area contributed by atoms with Crippen molar-refractivity contribution in [2.24, 2.45) is 0 Å². The van der Waals surface area contributed by atoms with Gasteiger partial charge in [-0.25, -0.2) is 8.42 Å². The zero-order valence-electron chi connectivity index (χ0n) is 17.5. The maximum Gasteiger partial charge on any atom is 0.265 e. The zero-order chi connectivity index (χ0) is 20.9. The molecule has 0 aromatic rings. The topological polar surface area (TPSA) is 88.0 Å². The fourth-order valence-electron chi connectivity index (χ4n) is 3.74. The third-order valence-corrected chi connectivity index (χ3v) is 7.44. The predicted molar refractivity (Wildman–Crippen MR) is 109 cm³/mol. The lowest BCUT2D eigenvalue weighted by molar-refractivity contribution is -0.128. The van der Waals surface area contributed by atoms with Gasteiger partial charge in [-0.2, -0.15) is 5.26 Å². The van der Waals surface area contributed by atoms with Crippen molar-refractivity contribution in [3.63, 3.8) is 0 Å². The number of hydrogen-bond acceptors (Lipinski definition) is 7. The Balaban J connectivity index is 2.16. The smallest absolute Gasteiger partial charge is 0.265 e. The summed E-state index contributed by atoms with van der Waals surface area (Å²) in [5, 5.41) is 9.63. The van der Waals surface area contributed by atoms with Crippen molar-refractivity contribution in [1.29, 1.82) is 5.26 Å². The van der Waals surface area contributed by atoms with Gasteiger partial charge in [0.25, 0.3) is 5.91 Å². The minimum atomic E-state index is -3.05. The van der Waals surface area contributed by atoms with E-state index in [4.69, 9.17) is 0 Å². The van der Waals surface area contributed by atoms with E-state index in [0.29, 0.717) is 19.5 Å². The van der Waals surface area contributed by atoms with E-state index in [1.165, 1.54) is 0 Å². The van der Waals surface area contributed by atoms with Crippen LogP contribution in [-0.4, -0.2) is 112 Å². The van der Waals surface area contributed by atoms with E-state index in [9.17, 15) is 18.5 Å². The van der Waals surface area contributed by atoms with E-state index >= 15 is 0 Å². The van der Waals surface area contributed by atoms with Crippen LogP contribution in [0.2, 0.25) is 0 Å². The van der Waals surface area contributed by atoms with E-state index in [0.717, 1.165) is 25.9 Å². The minimum absolute atomic E-state index is 0.0736. The molecule has 8 nitrogen and oxygen atoms in total. The molecule has 2 aliphatic heterocycles. The summed E-state index contributed by atoms with van der Waals surface area (Å²) >= 11 is 0. The van der Waals surface area contributed by atoms with Crippen LogP contribution in [0.25, 0.3) is 0 Å². The monoisotopic (exact) mass is 411 g/mol. The van der Waals surface area contributed by atoms with Gasteiger partial charge in [-0.05, 0) is 53.5 Å². The highest BCUT2D eigenvalue weighted by molar-refractivity contribution is 7.91. The molecular weight excluding hydrogens is 378 g/mol. The first-order valence-corrected chi connectivity index (χ1v) is 11.6. The normalized spacial score (nSPS) is 23.6. The van der Waals surface area contributed by atoms with Crippen molar-refractivity contribution in [2.75, 3.05) is 65.9 Å². The van der Waals surface area contributed by atoms with Crippen molar-refractivity contribution >= 4 is 15.7 Å². The fraction of sp³-hybridized carbons (Fsp3) is 0.789. The largest absolute Gasteiger partial charge is 0.371 e. The molecule has 1 atom stereocenters. The summed E-state index contributed by atoms with van der Waals surface area (Å²) in [5.74, 6) is -0.0445. The van der Waals surface area contributed by atoms with Crippen molar-refractivity contribution in [3.8, 4) is 6.07 Å². The number of nitriles is 1. The second-order valence-corrected chi connectivity index (χ2v) is 10.4. The number of carbonyl (C=O) groups excluding carboxylic acids is 1. The summed E-state index contributed by atoms with van der Waals surface area (Å²) < 4.78 is 23.8. The van der Waals surface area contributed by atoms with Gasteiger partial charge in [-0.15, -0.1) is 0 Å². The molecule has 2 aliphatic rings. The molecule has 2 heterocycles. The Kier molecular flexibility index (Phi) is 7.87. The van der Waals surface area contributed by atoms with E-state index in [2.05, 4.69) is 11.9 Å². The van der Waals surface area contributed by atoms with Gasteiger partial charge in [-0.3, -0.25) is 4.79 Å². The Morgan fingerprint density at radius 2 is 1.79 bits per heavy atom. The first kappa shape index (κ1) is 22.7. The van der Waals surface area contributed by atoms with Crippen molar-refractivity contribution in [2.45, 2.75) is 31.3 Å². The van der Waals surface area contributed by atoms with Gasteiger partial charge in [0.05, 0.1) is 11.5 Å². The number of nitrogens with zero attached hydrogens (tertiary/aromatic N) is 5. The van der Waals surface area contributed by atoms with Gasteiger partial charge in [0.1, 0.15) is 11.6 Å². The molecule has 28 heavy (non-hydrogen) atoms. The molecule has 0 spiro atoms. The number of sulfone groups is 1. The maximum atomic E-state index is 12.9. The number of carbonyl (C=O) groups is 1. The molecule has 158 valence electrons. The molecule has 1 amide bonds. The van der Waals surface area contributed by atoms with Crippen LogP contribution in [0.1, 0.15) is 19.3 Å². The van der Waals surface area contributed by atoms with Gasteiger partial charge >= 0.3 is 0 Å². The molecule has 0 aliphatic carbocycles. The highest BCUT2D eigenvalue weighted by Gasteiger charge is 2.32. The molecule has 0 N–H and O–H groups in total. The van der Waals surface area contributed by atoms with Crippen LogP contribution < -0.4 is 0 Å². The average Bonchev–Trinajstić information content (AvgIpc) is 3.01. The van der Waals surface area contributed by atoms with Gasteiger partial charge in [-0.1, -0.05) is 0 Å². The summed E-state index contributed by atoms with van der Waals surface area (Å²) in [6, 6.07) is 1.99. The van der Waals surface area contributed by atoms with E-state index < -0.39 is 9.84 Å². The van der Waals surface area contributed by atoms with Crippen molar-refractivity contribution < 1.29 is 13.2 Å². The third-order valence-electron chi connectivity index (χ3n) is 5.68. The number of hydrogen-bond donors (Lipinski definition) is 0. The van der Waals surface area contributed by atoms with Crippen LogP contribution >= 0.6 is 0 Å². The van der Waals surface area contributed by atoms with Crippen molar-refractivity contribution in [1.82, 2.24) is 19.6 Å². The van der Waals surface area contributed by atoms with Crippen LogP contribution in [-0.2, 0) is 14.6 Å². The van der Waals surface area contributed by atoms with Gasteiger partial charge in [0, 0.05) is 38.4 Å². The van der Waals surface area contributed by atoms with Gasteiger partial charge < -0.3 is 19.6 Å². The van der Waals surface area contributed by atoms with Gasteiger partial charge in [0.15, 0.2) is 9.84 Å². The summed E-state index contributed by atoms with van der Waals surface area (Å²) in [6.07, 6.45) is 3.90. The first-order chi connectivity index (χ1) is 13.1. The van der Waals surface area contributed by atoms with Crippen LogP contribution in [0.5, 0.6) is 0 Å². The molecule has 1 unspecified atom stereocenters. The van der Waals surface area contributed by atoms with Crippen LogP contribution in [0.15, 0.2) is 11.8 Å². The van der Waals surface area contributed by atoms with Crippen LogP contribution in [0.3, 0.4) is 0 Å². The SMILES string of the molecule is CN(C)CCN(/C=C(/C#N)C(=O)N(C)C1CCN(C)CC1)C1CCS(=O)(=O)C1. The van der Waals surface area contributed by atoms with Crippen LogP contribution in [0.4, 0.5) is 0 Å². The molecule has 2 fully saturated rings. The molecular formula is C19H33N5O3S. The number of likely N-dealkylation sites (N-methyl/N-ethyl adjacent to an activating group) is 2. The Morgan fingerprint density at radius 1 is 1.14 bits per heavy atom.